The molecule has 25 heavy (non-hydrogen) atoms. The lowest BCUT2D eigenvalue weighted by Gasteiger charge is -2.11. The second kappa shape index (κ2) is 6.50. The zero-order valence-electron chi connectivity index (χ0n) is 15.4. The average Bonchev–Trinajstić information content (AvgIpc) is 3.17. The van der Waals surface area contributed by atoms with Gasteiger partial charge in [0.25, 0.3) is 0 Å². The highest BCUT2D eigenvalue weighted by molar-refractivity contribution is 7.26. The normalized spacial score (nSPS) is 14.2. The number of rotatable bonds is 5. The van der Waals surface area contributed by atoms with Crippen LogP contribution in [-0.4, -0.2) is 42.1 Å². The Kier molecular flexibility index (Phi) is 4.33. The summed E-state index contributed by atoms with van der Waals surface area (Å²) in [5.74, 6) is 1.42. The first-order valence-electron chi connectivity index (χ1n) is 9.18. The molecule has 5 nitrogen and oxygen atoms in total. The lowest BCUT2D eigenvalue weighted by Crippen LogP contribution is -3.06. The Morgan fingerprint density at radius 2 is 2.00 bits per heavy atom. The Morgan fingerprint density at radius 3 is 2.76 bits per heavy atom. The van der Waals surface area contributed by atoms with Crippen LogP contribution >= 0.6 is 11.3 Å². The van der Waals surface area contributed by atoms with Gasteiger partial charge in [-0.3, -0.25) is 0 Å². The van der Waals surface area contributed by atoms with Crippen LogP contribution in [0.5, 0.6) is 0 Å². The number of anilines is 1. The van der Waals surface area contributed by atoms with Crippen molar-refractivity contribution in [3.05, 3.63) is 23.1 Å². The first kappa shape index (κ1) is 16.7. The lowest BCUT2D eigenvalue weighted by molar-refractivity contribution is -0.856. The van der Waals surface area contributed by atoms with E-state index in [0.717, 1.165) is 46.8 Å². The number of hydrogen-bond donors (Lipinski definition) is 2. The van der Waals surface area contributed by atoms with Gasteiger partial charge in [-0.25, -0.2) is 15.0 Å². The minimum atomic E-state index is 0.466. The van der Waals surface area contributed by atoms with E-state index in [1.165, 1.54) is 33.5 Å². The van der Waals surface area contributed by atoms with Crippen molar-refractivity contribution < 1.29 is 4.90 Å². The molecule has 1 aliphatic rings. The summed E-state index contributed by atoms with van der Waals surface area (Å²) < 4.78 is 1.15. The van der Waals surface area contributed by atoms with Crippen LogP contribution in [-0.2, 0) is 12.8 Å². The molecule has 0 aliphatic heterocycles. The highest BCUT2D eigenvalue weighted by atomic mass is 32.1. The molecule has 0 unspecified atom stereocenters. The number of aryl methyl sites for hydroxylation is 1. The third-order valence-corrected chi connectivity index (χ3v) is 6.05. The molecule has 4 rings (SSSR count). The summed E-state index contributed by atoms with van der Waals surface area (Å²) in [6.07, 6.45) is 5.23. The molecule has 0 saturated heterocycles. The fraction of sp³-hybridized carbons (Fsp3) is 0.526. The standard InChI is InChI=1S/C19H25N5S/c1-11(2)15-13-7-5-6-12(13)14-16-17(25-19(14)23-15)18(22-10-21-16)20-8-9-24(3)4/h10-11H,5-9H2,1-4H3,(H,20,21,22)/p+1. The van der Waals surface area contributed by atoms with Crippen LogP contribution in [0.3, 0.4) is 0 Å². The molecule has 132 valence electrons. The molecule has 0 amide bonds. The Hall–Kier alpha value is -1.79. The molecule has 3 heterocycles. The number of quaternary nitrogens is 1. The summed E-state index contributed by atoms with van der Waals surface area (Å²) in [5, 5.41) is 4.77. The molecule has 0 aromatic carbocycles. The molecule has 0 spiro atoms. The van der Waals surface area contributed by atoms with Crippen LogP contribution in [0.2, 0.25) is 0 Å². The van der Waals surface area contributed by atoms with Gasteiger partial charge in [-0.15, -0.1) is 11.3 Å². The van der Waals surface area contributed by atoms with E-state index in [9.17, 15) is 0 Å². The van der Waals surface area contributed by atoms with Crippen molar-refractivity contribution in [3.8, 4) is 0 Å². The number of nitrogens with one attached hydrogen (secondary N) is 2. The van der Waals surface area contributed by atoms with Crippen molar-refractivity contribution in [1.82, 2.24) is 15.0 Å². The van der Waals surface area contributed by atoms with Crippen LogP contribution < -0.4 is 10.2 Å². The smallest absolute Gasteiger partial charge is 0.147 e. The number of aromatic nitrogens is 3. The first-order chi connectivity index (χ1) is 12.1. The predicted octanol–water partition coefficient (Wildman–Crippen LogP) is 2.41. The van der Waals surface area contributed by atoms with Crippen LogP contribution in [0.1, 0.15) is 43.0 Å². The molecular formula is C19H26N5S+. The molecule has 0 atom stereocenters. The van der Waals surface area contributed by atoms with Crippen molar-refractivity contribution in [3.63, 3.8) is 0 Å². The van der Waals surface area contributed by atoms with Crippen molar-refractivity contribution in [1.29, 1.82) is 0 Å². The number of likely N-dealkylation sites (N-methyl/N-ethyl adjacent to an activating group) is 1. The quantitative estimate of drug-likeness (QED) is 0.737. The Morgan fingerprint density at radius 1 is 1.20 bits per heavy atom. The van der Waals surface area contributed by atoms with Gasteiger partial charge >= 0.3 is 0 Å². The summed E-state index contributed by atoms with van der Waals surface area (Å²) in [6, 6.07) is 0. The third-order valence-electron chi connectivity index (χ3n) is 4.97. The molecule has 3 aromatic rings. The van der Waals surface area contributed by atoms with Gasteiger partial charge in [-0.1, -0.05) is 13.8 Å². The van der Waals surface area contributed by atoms with E-state index in [1.807, 2.05) is 0 Å². The Bertz CT molecular complexity index is 929. The third kappa shape index (κ3) is 2.87. The zero-order valence-corrected chi connectivity index (χ0v) is 16.3. The summed E-state index contributed by atoms with van der Waals surface area (Å²) >= 11 is 1.74. The molecule has 6 heteroatoms. The van der Waals surface area contributed by atoms with Gasteiger partial charge in [-0.2, -0.15) is 0 Å². The van der Waals surface area contributed by atoms with Gasteiger partial charge in [0.1, 0.15) is 17.0 Å². The highest BCUT2D eigenvalue weighted by Gasteiger charge is 2.25. The SMILES string of the molecule is CC(C)c1nc2sc3c(NCC[NH+](C)C)ncnc3c2c2c1CCC2. The molecule has 0 radical (unpaired) electrons. The van der Waals surface area contributed by atoms with E-state index in [2.05, 4.69) is 43.2 Å². The van der Waals surface area contributed by atoms with Gasteiger partial charge in [0, 0.05) is 11.1 Å². The zero-order chi connectivity index (χ0) is 17.6. The van der Waals surface area contributed by atoms with Crippen LogP contribution in [0.4, 0.5) is 5.82 Å². The van der Waals surface area contributed by atoms with Crippen molar-refractivity contribution in [2.75, 3.05) is 32.5 Å². The maximum absolute atomic E-state index is 5.05. The highest BCUT2D eigenvalue weighted by Crippen LogP contribution is 2.42. The maximum Gasteiger partial charge on any atom is 0.147 e. The first-order valence-corrected chi connectivity index (χ1v) is 9.99. The number of nitrogens with zero attached hydrogens (tertiary/aromatic N) is 3. The van der Waals surface area contributed by atoms with Crippen molar-refractivity contribution in [2.45, 2.75) is 39.0 Å². The lowest BCUT2D eigenvalue weighted by atomic mass is 9.99. The second-order valence-electron chi connectivity index (χ2n) is 7.53. The predicted molar refractivity (Wildman–Crippen MR) is 105 cm³/mol. The molecule has 2 N–H and O–H groups in total. The van der Waals surface area contributed by atoms with Crippen LogP contribution in [0.15, 0.2) is 6.33 Å². The van der Waals surface area contributed by atoms with Crippen LogP contribution in [0, 0.1) is 0 Å². The van der Waals surface area contributed by atoms with Crippen molar-refractivity contribution in [2.24, 2.45) is 0 Å². The van der Waals surface area contributed by atoms with Gasteiger partial charge in [0.15, 0.2) is 0 Å². The van der Waals surface area contributed by atoms with Gasteiger partial charge < -0.3 is 10.2 Å². The monoisotopic (exact) mass is 356 g/mol. The maximum atomic E-state index is 5.05. The van der Waals surface area contributed by atoms with Gasteiger partial charge in [0.2, 0.25) is 0 Å². The average molecular weight is 357 g/mol. The van der Waals surface area contributed by atoms with E-state index in [4.69, 9.17) is 4.98 Å². The molecule has 1 aliphatic carbocycles. The van der Waals surface area contributed by atoms with Crippen molar-refractivity contribution >= 4 is 37.6 Å². The van der Waals surface area contributed by atoms with E-state index in [1.54, 1.807) is 17.7 Å². The number of thiophene rings is 1. The molecule has 0 fully saturated rings. The minimum absolute atomic E-state index is 0.466. The Labute approximate surface area is 152 Å². The van der Waals surface area contributed by atoms with E-state index in [-0.39, 0.29) is 0 Å². The summed E-state index contributed by atoms with van der Waals surface area (Å²) in [6.45, 7) is 6.46. The molecule has 0 saturated carbocycles. The van der Waals surface area contributed by atoms with E-state index < -0.39 is 0 Å². The molecule has 3 aromatic heterocycles. The molecular weight excluding hydrogens is 330 g/mol. The largest absolute Gasteiger partial charge is 0.363 e. The fourth-order valence-electron chi connectivity index (χ4n) is 3.76. The topological polar surface area (TPSA) is 55.1 Å². The van der Waals surface area contributed by atoms with E-state index in [0.29, 0.717) is 5.92 Å². The summed E-state index contributed by atoms with van der Waals surface area (Å²) in [5.41, 5.74) is 5.33. The second-order valence-corrected chi connectivity index (χ2v) is 8.53. The number of fused-ring (bicyclic) bond motifs is 5. The van der Waals surface area contributed by atoms with E-state index >= 15 is 0 Å². The summed E-state index contributed by atoms with van der Waals surface area (Å²) in [7, 11) is 4.33. The van der Waals surface area contributed by atoms with Gasteiger partial charge in [0.05, 0.1) is 37.4 Å². The van der Waals surface area contributed by atoms with Gasteiger partial charge in [-0.05, 0) is 36.3 Å². The van der Waals surface area contributed by atoms with Crippen LogP contribution in [0.25, 0.3) is 20.4 Å². The number of hydrogen-bond acceptors (Lipinski definition) is 5. The minimum Gasteiger partial charge on any atom is -0.363 e. The Balaban J connectivity index is 1.87. The molecule has 0 bridgehead atoms. The summed E-state index contributed by atoms with van der Waals surface area (Å²) in [4.78, 5) is 16.7. The fourth-order valence-corrected chi connectivity index (χ4v) is 4.89. The number of pyridine rings is 1.